The third kappa shape index (κ3) is 4.41. The Balaban J connectivity index is 1.33. The van der Waals surface area contributed by atoms with Crippen LogP contribution in [-0.2, 0) is 9.53 Å². The molecule has 1 aliphatic heterocycles. The van der Waals surface area contributed by atoms with Gasteiger partial charge in [-0.05, 0) is 18.2 Å². The van der Waals surface area contributed by atoms with E-state index in [2.05, 4.69) is 15.5 Å². The predicted molar refractivity (Wildman–Crippen MR) is 115 cm³/mol. The summed E-state index contributed by atoms with van der Waals surface area (Å²) in [7, 11) is 1.30. The molecule has 0 radical (unpaired) electrons. The fourth-order valence-corrected chi connectivity index (χ4v) is 3.66. The lowest BCUT2D eigenvalue weighted by atomic mass is 10.1. The first-order valence-electron chi connectivity index (χ1n) is 9.98. The van der Waals surface area contributed by atoms with Crippen molar-refractivity contribution in [1.82, 2.24) is 20.0 Å². The normalized spacial score (nSPS) is 14.4. The lowest BCUT2D eigenvalue weighted by Crippen LogP contribution is -2.50. The molecule has 31 heavy (non-hydrogen) atoms. The van der Waals surface area contributed by atoms with Gasteiger partial charge in [-0.15, -0.1) is 0 Å². The first-order valence-corrected chi connectivity index (χ1v) is 9.98. The number of benzene rings is 2. The zero-order valence-electron chi connectivity index (χ0n) is 17.1. The number of carbonyl (C=O) groups is 3. The van der Waals surface area contributed by atoms with E-state index in [9.17, 15) is 14.4 Å². The topological polar surface area (TPSA) is 108 Å². The number of H-pyrrole nitrogens is 1. The number of amides is 2. The molecule has 2 N–H and O–H groups in total. The van der Waals surface area contributed by atoms with Crippen molar-refractivity contribution in [3.05, 3.63) is 59.8 Å². The summed E-state index contributed by atoms with van der Waals surface area (Å²) in [4.78, 5) is 41.0. The van der Waals surface area contributed by atoms with Crippen LogP contribution in [0, 0.1) is 0 Å². The van der Waals surface area contributed by atoms with Crippen LogP contribution < -0.4 is 5.32 Å². The molecule has 2 amide bonds. The number of fused-ring (bicyclic) bond motifs is 1. The molecule has 0 atom stereocenters. The summed E-state index contributed by atoms with van der Waals surface area (Å²) in [6, 6.07) is 14.2. The van der Waals surface area contributed by atoms with Gasteiger partial charge in [0.1, 0.15) is 0 Å². The van der Waals surface area contributed by atoms with Crippen LogP contribution in [-0.4, -0.2) is 77.6 Å². The number of aromatic nitrogens is 2. The molecule has 160 valence electrons. The van der Waals surface area contributed by atoms with E-state index in [1.165, 1.54) is 7.11 Å². The Morgan fingerprint density at radius 1 is 1.03 bits per heavy atom. The summed E-state index contributed by atoms with van der Waals surface area (Å²) in [6.45, 7) is 2.32. The fraction of sp³-hybridized carbons (Fsp3) is 0.273. The van der Waals surface area contributed by atoms with Gasteiger partial charge in [-0.2, -0.15) is 5.10 Å². The van der Waals surface area contributed by atoms with Gasteiger partial charge in [-0.1, -0.05) is 30.3 Å². The molecular weight excluding hydrogens is 398 g/mol. The van der Waals surface area contributed by atoms with Crippen molar-refractivity contribution in [3.63, 3.8) is 0 Å². The molecule has 4 rings (SSSR count). The molecule has 0 spiro atoms. The van der Waals surface area contributed by atoms with Crippen LogP contribution >= 0.6 is 0 Å². The molecule has 3 aromatic rings. The average Bonchev–Trinajstić information content (AvgIpc) is 3.23. The van der Waals surface area contributed by atoms with Gasteiger partial charge in [0, 0.05) is 31.6 Å². The minimum absolute atomic E-state index is 0.117. The van der Waals surface area contributed by atoms with Crippen LogP contribution in [0.4, 0.5) is 5.69 Å². The summed E-state index contributed by atoms with van der Waals surface area (Å²) in [6.07, 6.45) is 0. The number of ether oxygens (including phenoxy) is 1. The monoisotopic (exact) mass is 421 g/mol. The number of anilines is 1. The molecule has 9 heteroatoms. The second-order valence-electron chi connectivity index (χ2n) is 7.27. The number of nitrogens with one attached hydrogen (secondary N) is 2. The van der Waals surface area contributed by atoms with Gasteiger partial charge in [-0.25, -0.2) is 4.79 Å². The Labute approximate surface area is 179 Å². The van der Waals surface area contributed by atoms with Gasteiger partial charge >= 0.3 is 5.97 Å². The number of para-hydroxylation sites is 2. The Kier molecular flexibility index (Phi) is 5.94. The Hall–Kier alpha value is -3.72. The van der Waals surface area contributed by atoms with E-state index < -0.39 is 5.97 Å². The van der Waals surface area contributed by atoms with E-state index >= 15 is 0 Å². The van der Waals surface area contributed by atoms with Crippen LogP contribution in [0.15, 0.2) is 48.5 Å². The second-order valence-corrected chi connectivity index (χ2v) is 7.27. The summed E-state index contributed by atoms with van der Waals surface area (Å²) in [5.41, 5.74) is 1.97. The Morgan fingerprint density at radius 3 is 2.52 bits per heavy atom. The minimum Gasteiger partial charge on any atom is -0.465 e. The minimum atomic E-state index is -0.506. The van der Waals surface area contributed by atoms with Crippen LogP contribution in [0.3, 0.4) is 0 Å². The van der Waals surface area contributed by atoms with Gasteiger partial charge in [-0.3, -0.25) is 19.6 Å². The Morgan fingerprint density at radius 2 is 1.74 bits per heavy atom. The van der Waals surface area contributed by atoms with Crippen molar-refractivity contribution in [2.75, 3.05) is 45.2 Å². The van der Waals surface area contributed by atoms with Crippen LogP contribution in [0.1, 0.15) is 20.8 Å². The third-order valence-corrected chi connectivity index (χ3v) is 5.31. The van der Waals surface area contributed by atoms with Crippen LogP contribution in [0.2, 0.25) is 0 Å². The van der Waals surface area contributed by atoms with Crippen LogP contribution in [0.25, 0.3) is 10.9 Å². The first-order chi connectivity index (χ1) is 15.1. The SMILES string of the molecule is COC(=O)c1ccccc1NC(=O)CN1CCN(C(=O)c2n[nH]c3ccccc23)CC1. The molecule has 0 saturated carbocycles. The highest BCUT2D eigenvalue weighted by Crippen LogP contribution is 2.18. The summed E-state index contributed by atoms with van der Waals surface area (Å²) in [5, 5.41) is 10.6. The number of rotatable bonds is 5. The number of nitrogens with zero attached hydrogens (tertiary/aromatic N) is 3. The zero-order chi connectivity index (χ0) is 21.8. The molecule has 1 aromatic heterocycles. The highest BCUT2D eigenvalue weighted by atomic mass is 16.5. The smallest absolute Gasteiger partial charge is 0.339 e. The van der Waals surface area contributed by atoms with Crippen molar-refractivity contribution in [2.45, 2.75) is 0 Å². The molecule has 0 bridgehead atoms. The van der Waals surface area contributed by atoms with E-state index in [4.69, 9.17) is 4.74 Å². The van der Waals surface area contributed by atoms with E-state index in [1.54, 1.807) is 29.2 Å². The van der Waals surface area contributed by atoms with Gasteiger partial charge in [0.05, 0.1) is 30.4 Å². The third-order valence-electron chi connectivity index (χ3n) is 5.31. The maximum atomic E-state index is 12.9. The van der Waals surface area contributed by atoms with E-state index in [0.29, 0.717) is 43.1 Å². The highest BCUT2D eigenvalue weighted by molar-refractivity contribution is 6.04. The predicted octanol–water partition coefficient (Wildman–Crippen LogP) is 1.75. The number of esters is 1. The summed E-state index contributed by atoms with van der Waals surface area (Å²) < 4.78 is 4.75. The summed E-state index contributed by atoms with van der Waals surface area (Å²) in [5.74, 6) is -0.850. The molecule has 9 nitrogen and oxygen atoms in total. The van der Waals surface area contributed by atoms with Crippen molar-refractivity contribution in [1.29, 1.82) is 0 Å². The quantitative estimate of drug-likeness (QED) is 0.608. The van der Waals surface area contributed by atoms with Gasteiger partial charge in [0.2, 0.25) is 5.91 Å². The number of carbonyl (C=O) groups excluding carboxylic acids is 3. The number of hydrogen-bond acceptors (Lipinski definition) is 6. The number of aromatic amines is 1. The first kappa shape index (κ1) is 20.5. The lowest BCUT2D eigenvalue weighted by molar-refractivity contribution is -0.117. The van der Waals surface area contributed by atoms with Gasteiger partial charge in [0.15, 0.2) is 5.69 Å². The molecule has 0 unspecified atom stereocenters. The molecular formula is C22H23N5O4. The van der Waals surface area contributed by atoms with Crippen molar-refractivity contribution >= 4 is 34.4 Å². The molecule has 0 aliphatic carbocycles. The van der Waals surface area contributed by atoms with Crippen molar-refractivity contribution in [3.8, 4) is 0 Å². The molecule has 2 heterocycles. The Bertz CT molecular complexity index is 1120. The largest absolute Gasteiger partial charge is 0.465 e. The van der Waals surface area contributed by atoms with E-state index in [0.717, 1.165) is 10.9 Å². The van der Waals surface area contributed by atoms with Gasteiger partial charge in [0.25, 0.3) is 5.91 Å². The summed E-state index contributed by atoms with van der Waals surface area (Å²) >= 11 is 0. The maximum Gasteiger partial charge on any atom is 0.339 e. The molecule has 1 fully saturated rings. The number of piperazine rings is 1. The fourth-order valence-electron chi connectivity index (χ4n) is 3.66. The molecule has 1 saturated heterocycles. The van der Waals surface area contributed by atoms with E-state index in [-0.39, 0.29) is 18.4 Å². The van der Waals surface area contributed by atoms with E-state index in [1.807, 2.05) is 29.2 Å². The highest BCUT2D eigenvalue weighted by Gasteiger charge is 2.26. The zero-order valence-corrected chi connectivity index (χ0v) is 17.1. The average molecular weight is 421 g/mol. The van der Waals surface area contributed by atoms with Gasteiger partial charge < -0.3 is 15.0 Å². The van der Waals surface area contributed by atoms with Crippen molar-refractivity contribution in [2.24, 2.45) is 0 Å². The maximum absolute atomic E-state index is 12.9. The molecule has 2 aromatic carbocycles. The number of methoxy groups -OCH3 is 1. The second kappa shape index (κ2) is 8.97. The number of hydrogen-bond donors (Lipinski definition) is 2. The van der Waals surface area contributed by atoms with Crippen molar-refractivity contribution < 1.29 is 19.1 Å². The van der Waals surface area contributed by atoms with Crippen LogP contribution in [0.5, 0.6) is 0 Å². The molecule has 1 aliphatic rings. The standard InChI is InChI=1S/C22H23N5O4/c1-31-22(30)16-7-3-4-8-17(16)23-19(28)14-26-10-12-27(13-11-26)21(29)20-15-6-2-5-9-18(15)24-25-20/h2-9H,10-14H2,1H3,(H,23,28)(H,24,25). The lowest BCUT2D eigenvalue weighted by Gasteiger charge is -2.34.